The van der Waals surface area contributed by atoms with Gasteiger partial charge >= 0.3 is 0 Å². The number of halogens is 1. The first-order valence-electron chi connectivity index (χ1n) is 9.97. The third-order valence-corrected chi connectivity index (χ3v) is 5.21. The summed E-state index contributed by atoms with van der Waals surface area (Å²) in [4.78, 5) is 27.2. The molecule has 3 aromatic carbocycles. The number of nitrogens with one attached hydrogen (secondary N) is 1. The first kappa shape index (κ1) is 21.8. The Bertz CT molecular complexity index is 937. The molecule has 0 aliphatic rings. The molecule has 0 saturated carbocycles. The number of benzene rings is 3. The van der Waals surface area contributed by atoms with E-state index in [2.05, 4.69) is 21.2 Å². The van der Waals surface area contributed by atoms with Crippen LogP contribution in [0.1, 0.15) is 25.3 Å². The van der Waals surface area contributed by atoms with Crippen molar-refractivity contribution in [3.05, 3.63) is 95.0 Å². The zero-order valence-corrected chi connectivity index (χ0v) is 18.5. The molecule has 0 unspecified atom stereocenters. The monoisotopic (exact) mass is 464 g/mol. The predicted octanol–water partition coefficient (Wildman–Crippen LogP) is 5.85. The van der Waals surface area contributed by atoms with Gasteiger partial charge in [0.05, 0.1) is 0 Å². The Labute approximate surface area is 186 Å². The predicted molar refractivity (Wildman–Crippen MR) is 124 cm³/mol. The van der Waals surface area contributed by atoms with Crippen LogP contribution in [-0.2, 0) is 16.1 Å². The van der Waals surface area contributed by atoms with Gasteiger partial charge in [0.1, 0.15) is 0 Å². The van der Waals surface area contributed by atoms with Gasteiger partial charge in [-0.1, -0.05) is 71.4 Å². The zero-order chi connectivity index (χ0) is 21.3. The highest BCUT2D eigenvalue weighted by atomic mass is 79.9. The standard InChI is InChI=1S/C25H25BrN2O2/c1-19(15-24(29)27-18-20-9-8-10-21(26)17-20)16-25(30)28(22-11-4-2-5-12-22)23-13-6-3-7-14-23/h2-14,17,19H,15-16,18H2,1H3,(H,27,29)/t19-/m1/s1. The quantitative estimate of drug-likeness (QED) is 0.454. The molecular weight excluding hydrogens is 440 g/mol. The Morgan fingerprint density at radius 1 is 0.867 bits per heavy atom. The van der Waals surface area contributed by atoms with Crippen molar-refractivity contribution in [2.24, 2.45) is 5.92 Å². The topological polar surface area (TPSA) is 49.4 Å². The molecule has 30 heavy (non-hydrogen) atoms. The minimum absolute atomic E-state index is 0.0281. The molecule has 0 heterocycles. The third kappa shape index (κ3) is 6.29. The second kappa shape index (κ2) is 10.7. The van der Waals surface area contributed by atoms with Crippen LogP contribution in [0.2, 0.25) is 0 Å². The molecule has 0 spiro atoms. The van der Waals surface area contributed by atoms with E-state index >= 15 is 0 Å². The Morgan fingerprint density at radius 2 is 1.47 bits per heavy atom. The van der Waals surface area contributed by atoms with Crippen LogP contribution in [0.25, 0.3) is 0 Å². The summed E-state index contributed by atoms with van der Waals surface area (Å²) in [5.41, 5.74) is 2.67. The summed E-state index contributed by atoms with van der Waals surface area (Å²) < 4.78 is 0.982. The fraction of sp³-hybridized carbons (Fsp3) is 0.200. The van der Waals surface area contributed by atoms with Gasteiger partial charge in [-0.3, -0.25) is 14.5 Å². The number of amides is 2. The van der Waals surface area contributed by atoms with Crippen LogP contribution in [0, 0.1) is 5.92 Å². The summed E-state index contributed by atoms with van der Waals surface area (Å²) in [6, 6.07) is 27.0. The van der Waals surface area contributed by atoms with Gasteiger partial charge in [-0.05, 0) is 47.9 Å². The van der Waals surface area contributed by atoms with Crippen LogP contribution in [0.5, 0.6) is 0 Å². The van der Waals surface area contributed by atoms with Crippen molar-refractivity contribution in [1.29, 1.82) is 0 Å². The van der Waals surface area contributed by atoms with E-state index in [0.717, 1.165) is 21.4 Å². The number of anilines is 2. The van der Waals surface area contributed by atoms with Gasteiger partial charge in [0.15, 0.2) is 0 Å². The van der Waals surface area contributed by atoms with Crippen LogP contribution in [0.15, 0.2) is 89.4 Å². The normalized spacial score (nSPS) is 11.5. The van der Waals surface area contributed by atoms with Gasteiger partial charge in [0.25, 0.3) is 0 Å². The number of nitrogens with zero attached hydrogens (tertiary/aromatic N) is 1. The fourth-order valence-corrected chi connectivity index (χ4v) is 3.74. The van der Waals surface area contributed by atoms with Crippen molar-refractivity contribution in [3.63, 3.8) is 0 Å². The Hall–Kier alpha value is -2.92. The lowest BCUT2D eigenvalue weighted by Crippen LogP contribution is -2.29. The molecule has 0 fully saturated rings. The Balaban J connectivity index is 1.60. The smallest absolute Gasteiger partial charge is 0.231 e. The number of carbonyl (C=O) groups is 2. The first-order valence-corrected chi connectivity index (χ1v) is 10.8. The molecule has 0 aliphatic heterocycles. The van der Waals surface area contributed by atoms with Gasteiger partial charge in [0, 0.05) is 35.2 Å². The second-order valence-electron chi connectivity index (χ2n) is 7.32. The lowest BCUT2D eigenvalue weighted by molar-refractivity contribution is -0.122. The lowest BCUT2D eigenvalue weighted by Gasteiger charge is -2.24. The molecule has 154 valence electrons. The highest BCUT2D eigenvalue weighted by molar-refractivity contribution is 9.10. The van der Waals surface area contributed by atoms with Gasteiger partial charge in [-0.2, -0.15) is 0 Å². The van der Waals surface area contributed by atoms with Crippen molar-refractivity contribution < 1.29 is 9.59 Å². The zero-order valence-electron chi connectivity index (χ0n) is 16.9. The molecule has 0 radical (unpaired) electrons. The van der Waals surface area contributed by atoms with Gasteiger partial charge in [-0.25, -0.2) is 0 Å². The highest BCUT2D eigenvalue weighted by Crippen LogP contribution is 2.27. The number of hydrogen-bond acceptors (Lipinski definition) is 2. The summed E-state index contributed by atoms with van der Waals surface area (Å²) in [5, 5.41) is 2.94. The van der Waals surface area contributed by atoms with E-state index in [9.17, 15) is 9.59 Å². The lowest BCUT2D eigenvalue weighted by atomic mass is 10.0. The molecular formula is C25H25BrN2O2. The molecule has 0 aliphatic carbocycles. The molecule has 0 aromatic heterocycles. The average molecular weight is 465 g/mol. The third-order valence-electron chi connectivity index (χ3n) is 4.71. The summed E-state index contributed by atoms with van der Waals surface area (Å²) in [5.74, 6) is -0.157. The van der Waals surface area contributed by atoms with Crippen molar-refractivity contribution in [1.82, 2.24) is 5.32 Å². The van der Waals surface area contributed by atoms with Gasteiger partial charge in [0.2, 0.25) is 11.8 Å². The molecule has 2 amide bonds. The molecule has 0 bridgehead atoms. The Morgan fingerprint density at radius 3 is 2.03 bits per heavy atom. The summed E-state index contributed by atoms with van der Waals surface area (Å²) in [7, 11) is 0. The number of rotatable bonds is 8. The molecule has 1 atom stereocenters. The van der Waals surface area contributed by atoms with Crippen LogP contribution in [0.3, 0.4) is 0 Å². The van der Waals surface area contributed by atoms with Crippen molar-refractivity contribution in [3.8, 4) is 0 Å². The summed E-state index contributed by atoms with van der Waals surface area (Å²) >= 11 is 3.43. The molecule has 3 rings (SSSR count). The van der Waals surface area contributed by atoms with E-state index in [1.807, 2.05) is 91.9 Å². The van der Waals surface area contributed by atoms with Crippen molar-refractivity contribution >= 4 is 39.1 Å². The Kier molecular flexibility index (Phi) is 7.80. The summed E-state index contributed by atoms with van der Waals surface area (Å²) in [6.07, 6.45) is 0.589. The molecule has 3 aromatic rings. The minimum atomic E-state index is -0.0741. The molecule has 1 N–H and O–H groups in total. The minimum Gasteiger partial charge on any atom is -0.352 e. The van der Waals surface area contributed by atoms with Gasteiger partial charge in [-0.15, -0.1) is 0 Å². The molecule has 5 heteroatoms. The second-order valence-corrected chi connectivity index (χ2v) is 8.24. The maximum absolute atomic E-state index is 13.1. The number of carbonyl (C=O) groups excluding carboxylic acids is 2. The van der Waals surface area contributed by atoms with Crippen LogP contribution in [0.4, 0.5) is 11.4 Å². The maximum Gasteiger partial charge on any atom is 0.231 e. The number of para-hydroxylation sites is 2. The number of hydrogen-bond donors (Lipinski definition) is 1. The molecule has 0 saturated heterocycles. The maximum atomic E-state index is 13.1. The van der Waals surface area contributed by atoms with Crippen LogP contribution < -0.4 is 10.2 Å². The van der Waals surface area contributed by atoms with Crippen molar-refractivity contribution in [2.45, 2.75) is 26.3 Å². The fourth-order valence-electron chi connectivity index (χ4n) is 3.29. The van der Waals surface area contributed by atoms with Gasteiger partial charge < -0.3 is 5.32 Å². The van der Waals surface area contributed by atoms with E-state index in [1.54, 1.807) is 4.90 Å². The average Bonchev–Trinajstić information content (AvgIpc) is 2.74. The van der Waals surface area contributed by atoms with E-state index in [0.29, 0.717) is 13.0 Å². The van der Waals surface area contributed by atoms with E-state index in [-0.39, 0.29) is 24.2 Å². The first-order chi connectivity index (χ1) is 14.5. The highest BCUT2D eigenvalue weighted by Gasteiger charge is 2.21. The molecule has 4 nitrogen and oxygen atoms in total. The SMILES string of the molecule is C[C@H](CC(=O)NCc1cccc(Br)c1)CC(=O)N(c1ccccc1)c1ccccc1. The van der Waals surface area contributed by atoms with E-state index in [4.69, 9.17) is 0 Å². The van der Waals surface area contributed by atoms with E-state index in [1.165, 1.54) is 0 Å². The summed E-state index contributed by atoms with van der Waals surface area (Å²) in [6.45, 7) is 2.41. The largest absolute Gasteiger partial charge is 0.352 e. The van der Waals surface area contributed by atoms with Crippen molar-refractivity contribution in [2.75, 3.05) is 4.90 Å². The van der Waals surface area contributed by atoms with Crippen LogP contribution in [-0.4, -0.2) is 11.8 Å². The van der Waals surface area contributed by atoms with Crippen LogP contribution >= 0.6 is 15.9 Å². The van der Waals surface area contributed by atoms with E-state index < -0.39 is 0 Å².